The molecule has 0 spiro atoms. The summed E-state index contributed by atoms with van der Waals surface area (Å²) in [6.07, 6.45) is 1.50. The molecule has 2 N–H and O–H groups in total. The Bertz CT molecular complexity index is 782. The summed E-state index contributed by atoms with van der Waals surface area (Å²) in [4.78, 5) is 22.6. The van der Waals surface area contributed by atoms with Crippen LogP contribution in [0.15, 0.2) is 22.6 Å². The molecule has 0 aliphatic carbocycles. The number of nitrogens with two attached hydrogens (primary N) is 1. The molecule has 0 aromatic carbocycles. The van der Waals surface area contributed by atoms with Crippen LogP contribution >= 0.6 is 23.1 Å². The zero-order valence-electron chi connectivity index (χ0n) is 11.9. The molecule has 0 bridgehead atoms. The molecule has 2 aromatic rings. The van der Waals surface area contributed by atoms with Crippen molar-refractivity contribution in [1.29, 1.82) is 5.26 Å². The van der Waals surface area contributed by atoms with Gasteiger partial charge in [-0.25, -0.2) is 9.97 Å². The highest BCUT2D eigenvalue weighted by Crippen LogP contribution is 2.34. The van der Waals surface area contributed by atoms with Gasteiger partial charge in [0.25, 0.3) is 0 Å². The third-order valence-electron chi connectivity index (χ3n) is 3.06. The molecule has 2 rings (SSSR count). The van der Waals surface area contributed by atoms with E-state index in [1.165, 1.54) is 23.0 Å². The normalized spacial score (nSPS) is 12.1. The number of aromatic nitrogens is 2. The van der Waals surface area contributed by atoms with Crippen molar-refractivity contribution in [2.45, 2.75) is 25.8 Å². The second kappa shape index (κ2) is 6.24. The van der Waals surface area contributed by atoms with Crippen LogP contribution in [0.2, 0.25) is 0 Å². The highest BCUT2D eigenvalue weighted by atomic mass is 32.2. The smallest absolute Gasteiger partial charge is 0.185 e. The van der Waals surface area contributed by atoms with E-state index in [0.29, 0.717) is 0 Å². The summed E-state index contributed by atoms with van der Waals surface area (Å²) < 4.78 is 0. The summed E-state index contributed by atoms with van der Waals surface area (Å²) in [7, 11) is 0. The first-order chi connectivity index (χ1) is 9.95. The molecule has 0 saturated heterocycles. The van der Waals surface area contributed by atoms with Crippen LogP contribution < -0.4 is 5.73 Å². The van der Waals surface area contributed by atoms with Gasteiger partial charge >= 0.3 is 0 Å². The molecule has 0 amide bonds. The quantitative estimate of drug-likeness (QED) is 0.403. The van der Waals surface area contributed by atoms with Crippen molar-refractivity contribution < 1.29 is 4.79 Å². The first-order valence-corrected chi connectivity index (χ1v) is 7.99. The van der Waals surface area contributed by atoms with Gasteiger partial charge in [-0.3, -0.25) is 4.79 Å². The van der Waals surface area contributed by atoms with E-state index in [4.69, 9.17) is 11.0 Å². The van der Waals surface area contributed by atoms with Crippen molar-refractivity contribution in [1.82, 2.24) is 9.97 Å². The van der Waals surface area contributed by atoms with Gasteiger partial charge in [0.1, 0.15) is 27.8 Å². The average Bonchev–Trinajstić information content (AvgIpc) is 2.73. The fraction of sp³-hybridized carbons (Fsp3) is 0.286. The summed E-state index contributed by atoms with van der Waals surface area (Å²) in [5.74, 6) is -0.142. The van der Waals surface area contributed by atoms with Gasteiger partial charge in [-0.1, -0.05) is 11.8 Å². The maximum absolute atomic E-state index is 12.0. The Morgan fingerprint density at radius 3 is 2.81 bits per heavy atom. The molecule has 108 valence electrons. The lowest BCUT2D eigenvalue weighted by molar-refractivity contribution is -0.112. The molecule has 0 radical (unpaired) electrons. The zero-order valence-corrected chi connectivity index (χ0v) is 13.6. The molecule has 0 fully saturated rings. The van der Waals surface area contributed by atoms with Crippen LogP contribution in [0.3, 0.4) is 0 Å². The Labute approximate surface area is 130 Å². The molecule has 7 heteroatoms. The van der Waals surface area contributed by atoms with E-state index < -0.39 is 0 Å². The standard InChI is InChI=1S/C14H14N4OS2/c1-7-9(3)21-14-12(7)13(17-6-18-14)20-5-11(19)10(4-15)8(2)16/h6H,5,16H2,1-3H3/b10-8+. The molecule has 0 unspecified atom stereocenters. The lowest BCUT2D eigenvalue weighted by atomic mass is 10.2. The minimum atomic E-state index is -0.279. The predicted molar refractivity (Wildman–Crippen MR) is 85.1 cm³/mol. The molecule has 0 aliphatic heterocycles. The van der Waals surface area contributed by atoms with Crippen molar-refractivity contribution in [2.24, 2.45) is 5.73 Å². The number of Topliss-reactive ketones (excluding diaryl/α,β-unsaturated/α-hetero) is 1. The van der Waals surface area contributed by atoms with E-state index in [1.807, 2.05) is 19.9 Å². The number of ketones is 1. The SMILES string of the molecule is C/C(N)=C(/C#N)C(=O)CSc1ncnc2sc(C)c(C)c12. The largest absolute Gasteiger partial charge is 0.401 e. The lowest BCUT2D eigenvalue weighted by Crippen LogP contribution is -2.10. The summed E-state index contributed by atoms with van der Waals surface area (Å²) in [5.41, 5.74) is 6.94. The van der Waals surface area contributed by atoms with Crippen LogP contribution in [0.25, 0.3) is 10.2 Å². The number of carbonyl (C=O) groups excluding carboxylic acids is 1. The Morgan fingerprint density at radius 1 is 1.48 bits per heavy atom. The molecular formula is C14H14N4OS2. The lowest BCUT2D eigenvalue weighted by Gasteiger charge is -2.03. The van der Waals surface area contributed by atoms with Gasteiger partial charge in [0.2, 0.25) is 0 Å². The number of fused-ring (bicyclic) bond motifs is 1. The highest BCUT2D eigenvalue weighted by Gasteiger charge is 2.16. The van der Waals surface area contributed by atoms with E-state index in [0.717, 1.165) is 20.8 Å². The highest BCUT2D eigenvalue weighted by molar-refractivity contribution is 8.00. The van der Waals surface area contributed by atoms with Gasteiger partial charge in [0, 0.05) is 16.0 Å². The first-order valence-electron chi connectivity index (χ1n) is 6.18. The van der Waals surface area contributed by atoms with E-state index in [2.05, 4.69) is 9.97 Å². The summed E-state index contributed by atoms with van der Waals surface area (Å²) in [5, 5.41) is 10.7. The summed E-state index contributed by atoms with van der Waals surface area (Å²) in [6.45, 7) is 5.61. The molecule has 5 nitrogen and oxygen atoms in total. The first kappa shape index (κ1) is 15.5. The van der Waals surface area contributed by atoms with Crippen LogP contribution in [0.4, 0.5) is 0 Å². The molecule has 0 saturated carbocycles. The minimum absolute atomic E-state index is 0.0195. The Balaban J connectivity index is 2.28. The van der Waals surface area contributed by atoms with Crippen LogP contribution in [0.5, 0.6) is 0 Å². The van der Waals surface area contributed by atoms with Crippen molar-refractivity contribution in [3.63, 3.8) is 0 Å². The summed E-state index contributed by atoms with van der Waals surface area (Å²) in [6, 6.07) is 1.85. The number of hydrogen-bond acceptors (Lipinski definition) is 7. The van der Waals surface area contributed by atoms with E-state index in [9.17, 15) is 4.79 Å². The maximum atomic E-state index is 12.0. The third-order valence-corrected chi connectivity index (χ3v) is 5.16. The molecular weight excluding hydrogens is 304 g/mol. The number of carbonyl (C=O) groups is 1. The predicted octanol–water partition coefficient (Wildman–Crippen LogP) is 2.73. The van der Waals surface area contributed by atoms with E-state index >= 15 is 0 Å². The number of nitrogens with zero attached hydrogens (tertiary/aromatic N) is 3. The second-order valence-corrected chi connectivity index (χ2v) is 6.69. The van der Waals surface area contributed by atoms with Crippen molar-refractivity contribution in [3.8, 4) is 6.07 Å². The minimum Gasteiger partial charge on any atom is -0.401 e. The average molecular weight is 318 g/mol. The number of thioether (sulfide) groups is 1. The van der Waals surface area contributed by atoms with Crippen molar-refractivity contribution >= 4 is 39.1 Å². The number of thiophene rings is 1. The van der Waals surface area contributed by atoms with Crippen LogP contribution in [-0.4, -0.2) is 21.5 Å². The molecule has 2 aromatic heterocycles. The number of allylic oxidation sites excluding steroid dienone is 2. The van der Waals surface area contributed by atoms with Crippen molar-refractivity contribution in [2.75, 3.05) is 5.75 Å². The van der Waals surface area contributed by atoms with Gasteiger partial charge < -0.3 is 5.73 Å². The van der Waals surface area contributed by atoms with Gasteiger partial charge in [-0.2, -0.15) is 5.26 Å². The van der Waals surface area contributed by atoms with Gasteiger partial charge in [-0.15, -0.1) is 11.3 Å². The van der Waals surface area contributed by atoms with Crippen LogP contribution in [0.1, 0.15) is 17.4 Å². The summed E-state index contributed by atoms with van der Waals surface area (Å²) >= 11 is 2.92. The monoisotopic (exact) mass is 318 g/mol. The fourth-order valence-electron chi connectivity index (χ4n) is 1.84. The molecule has 21 heavy (non-hydrogen) atoms. The molecule has 2 heterocycles. The third kappa shape index (κ3) is 3.06. The number of nitriles is 1. The number of hydrogen-bond donors (Lipinski definition) is 1. The molecule has 0 aliphatic rings. The van der Waals surface area contributed by atoms with Gasteiger partial charge in [-0.05, 0) is 26.3 Å². The Morgan fingerprint density at radius 2 is 2.19 bits per heavy atom. The molecule has 0 atom stereocenters. The maximum Gasteiger partial charge on any atom is 0.185 e. The zero-order chi connectivity index (χ0) is 15.6. The second-order valence-electron chi connectivity index (χ2n) is 4.52. The van der Waals surface area contributed by atoms with E-state index in [1.54, 1.807) is 18.3 Å². The van der Waals surface area contributed by atoms with Gasteiger partial charge in [0.05, 0.1) is 5.75 Å². The van der Waals surface area contributed by atoms with Crippen LogP contribution in [0, 0.1) is 25.2 Å². The van der Waals surface area contributed by atoms with E-state index in [-0.39, 0.29) is 22.8 Å². The Kier molecular flexibility index (Phi) is 4.60. The van der Waals surface area contributed by atoms with Gasteiger partial charge in [0.15, 0.2) is 5.78 Å². The number of rotatable bonds is 4. The number of aryl methyl sites for hydroxylation is 2. The fourth-order valence-corrected chi connectivity index (χ4v) is 3.83. The topological polar surface area (TPSA) is 92.7 Å². The van der Waals surface area contributed by atoms with Crippen molar-refractivity contribution in [3.05, 3.63) is 28.0 Å². The van der Waals surface area contributed by atoms with Crippen LogP contribution in [-0.2, 0) is 4.79 Å². The Hall–Kier alpha value is -1.91.